The van der Waals surface area contributed by atoms with Crippen molar-refractivity contribution in [3.63, 3.8) is 0 Å². The zero-order valence-corrected chi connectivity index (χ0v) is 8.17. The highest BCUT2D eigenvalue weighted by Gasteiger charge is 2.06. The van der Waals surface area contributed by atoms with Gasteiger partial charge in [0.05, 0.1) is 24.5 Å². The average molecular weight is 206 g/mol. The number of aromatic nitrogens is 2. The van der Waals surface area contributed by atoms with E-state index in [2.05, 4.69) is 4.98 Å². The minimum absolute atomic E-state index is 0.0936. The van der Waals surface area contributed by atoms with Crippen LogP contribution in [-0.2, 0) is 11.3 Å². The fourth-order valence-electron chi connectivity index (χ4n) is 1.44. The van der Waals surface area contributed by atoms with Crippen LogP contribution in [0.5, 0.6) is 5.75 Å². The smallest absolute Gasteiger partial charge is 0.323 e. The van der Waals surface area contributed by atoms with Crippen molar-refractivity contribution in [1.29, 1.82) is 0 Å². The van der Waals surface area contributed by atoms with Crippen LogP contribution >= 0.6 is 0 Å². The van der Waals surface area contributed by atoms with Crippen molar-refractivity contribution in [3.8, 4) is 5.75 Å². The Morgan fingerprint density at radius 1 is 1.60 bits per heavy atom. The van der Waals surface area contributed by atoms with E-state index < -0.39 is 5.97 Å². The zero-order chi connectivity index (χ0) is 10.8. The Balaban J connectivity index is 2.51. The van der Waals surface area contributed by atoms with Crippen molar-refractivity contribution >= 4 is 17.0 Å². The van der Waals surface area contributed by atoms with Crippen LogP contribution in [0.1, 0.15) is 0 Å². The third kappa shape index (κ3) is 1.76. The highest BCUT2D eigenvalue weighted by Crippen LogP contribution is 2.19. The molecular formula is C10H10N2O3. The Bertz CT molecular complexity index is 504. The molecule has 78 valence electrons. The maximum atomic E-state index is 10.6. The van der Waals surface area contributed by atoms with Crippen LogP contribution in [0.2, 0.25) is 0 Å². The summed E-state index contributed by atoms with van der Waals surface area (Å²) in [6.07, 6.45) is 1.51. The normalized spacial score (nSPS) is 10.5. The SMILES string of the molecule is COc1ccc2ncn(CC(=O)O)c2c1. The van der Waals surface area contributed by atoms with Crippen LogP contribution in [0.25, 0.3) is 11.0 Å². The molecule has 0 bridgehead atoms. The van der Waals surface area contributed by atoms with Gasteiger partial charge in [0, 0.05) is 6.07 Å². The molecule has 2 rings (SSSR count). The van der Waals surface area contributed by atoms with Crippen molar-refractivity contribution in [2.24, 2.45) is 0 Å². The molecule has 0 spiro atoms. The minimum atomic E-state index is -0.892. The summed E-state index contributed by atoms with van der Waals surface area (Å²) in [5.74, 6) is -0.202. The predicted octanol–water partition coefficient (Wildman–Crippen LogP) is 1.13. The van der Waals surface area contributed by atoms with Crippen LogP contribution in [0, 0.1) is 0 Å². The highest BCUT2D eigenvalue weighted by molar-refractivity contribution is 5.79. The first-order chi connectivity index (χ1) is 7.20. The molecule has 0 aliphatic heterocycles. The molecule has 0 saturated carbocycles. The lowest BCUT2D eigenvalue weighted by molar-refractivity contribution is -0.137. The lowest BCUT2D eigenvalue weighted by Gasteiger charge is -2.02. The van der Waals surface area contributed by atoms with Crippen LogP contribution in [-0.4, -0.2) is 27.7 Å². The van der Waals surface area contributed by atoms with Gasteiger partial charge in [-0.2, -0.15) is 0 Å². The maximum Gasteiger partial charge on any atom is 0.323 e. The van der Waals surface area contributed by atoms with Crippen LogP contribution in [0.15, 0.2) is 24.5 Å². The molecule has 5 nitrogen and oxygen atoms in total. The molecule has 1 aromatic heterocycles. The number of ether oxygens (including phenoxy) is 1. The largest absolute Gasteiger partial charge is 0.497 e. The van der Waals surface area contributed by atoms with E-state index >= 15 is 0 Å². The van der Waals surface area contributed by atoms with Gasteiger partial charge in [0.1, 0.15) is 12.3 Å². The van der Waals surface area contributed by atoms with Crippen LogP contribution in [0.4, 0.5) is 0 Å². The van der Waals surface area contributed by atoms with E-state index in [1.54, 1.807) is 29.9 Å². The molecule has 5 heteroatoms. The molecule has 2 aromatic rings. The molecule has 1 N–H and O–H groups in total. The molecule has 0 saturated heterocycles. The Hall–Kier alpha value is -2.04. The van der Waals surface area contributed by atoms with Crippen molar-refractivity contribution in [2.75, 3.05) is 7.11 Å². The maximum absolute atomic E-state index is 10.6. The first-order valence-corrected chi connectivity index (χ1v) is 4.41. The molecule has 1 heterocycles. The summed E-state index contributed by atoms with van der Waals surface area (Å²) in [7, 11) is 1.57. The van der Waals surface area contributed by atoms with Gasteiger partial charge in [0.15, 0.2) is 0 Å². The Morgan fingerprint density at radius 2 is 2.40 bits per heavy atom. The fourth-order valence-corrected chi connectivity index (χ4v) is 1.44. The number of fused-ring (bicyclic) bond motifs is 1. The summed E-state index contributed by atoms with van der Waals surface area (Å²) in [5.41, 5.74) is 1.52. The summed E-state index contributed by atoms with van der Waals surface area (Å²) >= 11 is 0. The molecule has 0 unspecified atom stereocenters. The highest BCUT2D eigenvalue weighted by atomic mass is 16.5. The minimum Gasteiger partial charge on any atom is -0.497 e. The molecule has 0 fully saturated rings. The summed E-state index contributed by atoms with van der Waals surface area (Å²) in [4.78, 5) is 14.7. The molecule has 15 heavy (non-hydrogen) atoms. The van der Waals surface area contributed by atoms with E-state index in [1.165, 1.54) is 6.33 Å². The summed E-state index contributed by atoms with van der Waals surface area (Å²) < 4.78 is 6.63. The van der Waals surface area contributed by atoms with E-state index in [0.29, 0.717) is 5.75 Å². The number of nitrogens with zero attached hydrogens (tertiary/aromatic N) is 2. The lowest BCUT2D eigenvalue weighted by atomic mass is 10.3. The second-order valence-corrected chi connectivity index (χ2v) is 3.12. The van der Waals surface area contributed by atoms with Crippen LogP contribution in [0.3, 0.4) is 0 Å². The summed E-state index contributed by atoms with van der Waals surface area (Å²) in [6.45, 7) is -0.0936. The first-order valence-electron chi connectivity index (χ1n) is 4.41. The van der Waals surface area contributed by atoms with E-state index in [1.807, 2.05) is 0 Å². The topological polar surface area (TPSA) is 64.4 Å². The fraction of sp³-hybridized carbons (Fsp3) is 0.200. The second-order valence-electron chi connectivity index (χ2n) is 3.12. The summed E-state index contributed by atoms with van der Waals surface area (Å²) in [5, 5.41) is 8.69. The van der Waals surface area contributed by atoms with Crippen molar-refractivity contribution < 1.29 is 14.6 Å². The number of hydrogen-bond donors (Lipinski definition) is 1. The molecule has 0 atom stereocenters. The van der Waals surface area contributed by atoms with Gasteiger partial charge in [-0.1, -0.05) is 0 Å². The Labute approximate surface area is 85.9 Å². The molecule has 0 amide bonds. The number of carbonyl (C=O) groups is 1. The summed E-state index contributed by atoms with van der Waals surface area (Å²) in [6, 6.07) is 5.36. The van der Waals surface area contributed by atoms with Gasteiger partial charge in [0.2, 0.25) is 0 Å². The average Bonchev–Trinajstić information content (AvgIpc) is 2.60. The van der Waals surface area contributed by atoms with E-state index in [-0.39, 0.29) is 6.54 Å². The molecule has 1 aromatic carbocycles. The van der Waals surface area contributed by atoms with E-state index in [9.17, 15) is 4.79 Å². The standard InChI is InChI=1S/C10H10N2O3/c1-15-7-2-3-8-9(4-7)12(6-11-8)5-10(13)14/h2-4,6H,5H2,1H3,(H,13,14). The molecule has 0 aliphatic carbocycles. The predicted molar refractivity (Wildman–Crippen MR) is 53.9 cm³/mol. The number of rotatable bonds is 3. The number of benzene rings is 1. The Kier molecular flexibility index (Phi) is 2.29. The monoisotopic (exact) mass is 206 g/mol. The van der Waals surface area contributed by atoms with Gasteiger partial charge in [-0.25, -0.2) is 4.98 Å². The van der Waals surface area contributed by atoms with Crippen molar-refractivity contribution in [3.05, 3.63) is 24.5 Å². The van der Waals surface area contributed by atoms with E-state index in [0.717, 1.165) is 11.0 Å². The number of methoxy groups -OCH3 is 1. The van der Waals surface area contributed by atoms with Crippen LogP contribution < -0.4 is 4.74 Å². The quantitative estimate of drug-likeness (QED) is 0.817. The lowest BCUT2D eigenvalue weighted by Crippen LogP contribution is -2.07. The number of imidazole rings is 1. The zero-order valence-electron chi connectivity index (χ0n) is 8.17. The first kappa shape index (κ1) is 9.51. The van der Waals surface area contributed by atoms with E-state index in [4.69, 9.17) is 9.84 Å². The van der Waals surface area contributed by atoms with Gasteiger partial charge < -0.3 is 14.4 Å². The van der Waals surface area contributed by atoms with Crippen molar-refractivity contribution in [1.82, 2.24) is 9.55 Å². The molecular weight excluding hydrogens is 196 g/mol. The van der Waals surface area contributed by atoms with Gasteiger partial charge >= 0.3 is 5.97 Å². The van der Waals surface area contributed by atoms with Gasteiger partial charge in [-0.15, -0.1) is 0 Å². The number of hydrogen-bond acceptors (Lipinski definition) is 3. The third-order valence-corrected chi connectivity index (χ3v) is 2.13. The number of carboxylic acid groups (broad SMARTS) is 1. The number of carboxylic acids is 1. The second kappa shape index (κ2) is 3.61. The van der Waals surface area contributed by atoms with Gasteiger partial charge in [-0.05, 0) is 12.1 Å². The molecule has 0 radical (unpaired) electrons. The molecule has 0 aliphatic rings. The van der Waals surface area contributed by atoms with Crippen molar-refractivity contribution in [2.45, 2.75) is 6.54 Å². The Morgan fingerprint density at radius 3 is 3.07 bits per heavy atom. The third-order valence-electron chi connectivity index (χ3n) is 2.13. The number of aliphatic carboxylic acids is 1. The van der Waals surface area contributed by atoms with Gasteiger partial charge in [0.25, 0.3) is 0 Å². The van der Waals surface area contributed by atoms with Gasteiger partial charge in [-0.3, -0.25) is 4.79 Å².